The van der Waals surface area contributed by atoms with Crippen molar-refractivity contribution in [1.82, 2.24) is 9.88 Å². The van der Waals surface area contributed by atoms with Gasteiger partial charge in [-0.15, -0.1) is 11.8 Å². The molecule has 4 heterocycles. The molecular weight excluding hydrogens is 452 g/mol. The fourth-order valence-electron chi connectivity index (χ4n) is 5.91. The lowest BCUT2D eigenvalue weighted by molar-refractivity contribution is -0.384. The topological polar surface area (TPSA) is 105 Å². The van der Waals surface area contributed by atoms with E-state index < -0.39 is 16.4 Å². The maximum absolute atomic E-state index is 14.2. The largest absolute Gasteiger partial charge is 0.324 e. The van der Waals surface area contributed by atoms with Gasteiger partial charge in [0.25, 0.3) is 5.69 Å². The highest BCUT2D eigenvalue weighted by atomic mass is 32.2. The van der Waals surface area contributed by atoms with Gasteiger partial charge in [0.2, 0.25) is 5.91 Å². The number of hydrogen-bond acceptors (Lipinski definition) is 7. The highest BCUT2D eigenvalue weighted by Gasteiger charge is 2.69. The Labute approximate surface area is 199 Å². The van der Waals surface area contributed by atoms with E-state index in [1.54, 1.807) is 48.4 Å². The molecule has 3 aliphatic rings. The first-order valence-corrected chi connectivity index (χ1v) is 12.1. The Bertz CT molecular complexity index is 1320. The standard InChI is InChI=1S/C25H20N4O4S/c30-23(16-4-3-11-26-12-16)22-21(15-7-9-17(10-8-15)29(32)33)20-13-34-14-28(20)25(22)18-5-1-2-6-19(18)27-24(25)31/h1-12,20-22H,13-14H2,(H,27,31)/t20-,21+,22-,25-/m0/s1. The third-order valence-electron chi connectivity index (χ3n) is 7.25. The number of nitrogens with one attached hydrogen (secondary N) is 1. The van der Waals surface area contributed by atoms with Crippen LogP contribution in [0.5, 0.6) is 0 Å². The number of aromatic nitrogens is 1. The number of pyridine rings is 1. The van der Waals surface area contributed by atoms with Crippen LogP contribution in [0.15, 0.2) is 73.1 Å². The number of para-hydroxylation sites is 1. The number of non-ortho nitro benzene ring substituents is 1. The van der Waals surface area contributed by atoms with Crippen LogP contribution in [0.4, 0.5) is 11.4 Å². The number of nitro benzene ring substituents is 1. The Hall–Kier alpha value is -3.56. The quantitative estimate of drug-likeness (QED) is 0.350. The maximum Gasteiger partial charge on any atom is 0.269 e. The van der Waals surface area contributed by atoms with Crippen LogP contribution in [-0.4, -0.2) is 44.2 Å². The van der Waals surface area contributed by atoms with Gasteiger partial charge in [0.05, 0.1) is 10.8 Å². The summed E-state index contributed by atoms with van der Waals surface area (Å²) in [4.78, 5) is 45.2. The summed E-state index contributed by atoms with van der Waals surface area (Å²) in [6, 6.07) is 17.3. The zero-order valence-electron chi connectivity index (χ0n) is 18.0. The molecule has 2 saturated heterocycles. The van der Waals surface area contributed by atoms with E-state index in [4.69, 9.17) is 0 Å². The number of rotatable bonds is 4. The normalized spacial score (nSPS) is 27.4. The molecule has 2 aromatic carbocycles. The average molecular weight is 473 g/mol. The van der Waals surface area contributed by atoms with Crippen molar-refractivity contribution in [3.63, 3.8) is 0 Å². The van der Waals surface area contributed by atoms with Crippen LogP contribution in [-0.2, 0) is 10.3 Å². The van der Waals surface area contributed by atoms with Crippen molar-refractivity contribution in [3.05, 3.63) is 99.9 Å². The van der Waals surface area contributed by atoms with Gasteiger partial charge >= 0.3 is 0 Å². The predicted molar refractivity (Wildman–Crippen MR) is 128 cm³/mol. The SMILES string of the molecule is O=C(c1cccnc1)[C@@H]1[C@H](c2ccc([N+](=O)[O-])cc2)[C@@H]2CSCN2[C@]12C(=O)Nc1ccccc12. The molecule has 1 aromatic heterocycles. The molecule has 1 spiro atoms. The molecule has 170 valence electrons. The summed E-state index contributed by atoms with van der Waals surface area (Å²) in [5.41, 5.74) is 1.62. The van der Waals surface area contributed by atoms with E-state index in [2.05, 4.69) is 15.2 Å². The van der Waals surface area contributed by atoms with Gasteiger partial charge in [-0.1, -0.05) is 30.3 Å². The number of ketones is 1. The number of benzene rings is 2. The van der Waals surface area contributed by atoms with Gasteiger partial charge in [0.15, 0.2) is 5.78 Å². The van der Waals surface area contributed by atoms with Gasteiger partial charge < -0.3 is 5.32 Å². The second-order valence-corrected chi connectivity index (χ2v) is 9.76. The summed E-state index contributed by atoms with van der Waals surface area (Å²) in [5.74, 6) is -0.00811. The molecule has 0 saturated carbocycles. The number of Topliss-reactive ketones (excluding diaryl/α,β-unsaturated/α-hetero) is 1. The zero-order valence-corrected chi connectivity index (χ0v) is 18.8. The summed E-state index contributed by atoms with van der Waals surface area (Å²) in [6.07, 6.45) is 3.15. The first-order chi connectivity index (χ1) is 16.5. The number of hydrogen-bond donors (Lipinski definition) is 1. The van der Waals surface area contributed by atoms with Crippen molar-refractivity contribution in [3.8, 4) is 0 Å². The molecule has 9 heteroatoms. The van der Waals surface area contributed by atoms with Gasteiger partial charge in [-0.3, -0.25) is 29.6 Å². The molecule has 1 N–H and O–H groups in total. The molecule has 0 aliphatic carbocycles. The van der Waals surface area contributed by atoms with E-state index in [-0.39, 0.29) is 29.3 Å². The van der Waals surface area contributed by atoms with Crippen molar-refractivity contribution in [2.24, 2.45) is 5.92 Å². The second-order valence-electron chi connectivity index (χ2n) is 8.76. The highest BCUT2D eigenvalue weighted by Crippen LogP contribution is 2.61. The van der Waals surface area contributed by atoms with Crippen LogP contribution in [0.2, 0.25) is 0 Å². The van der Waals surface area contributed by atoms with Crippen molar-refractivity contribution < 1.29 is 14.5 Å². The predicted octanol–water partition coefficient (Wildman–Crippen LogP) is 3.81. The Morgan fingerprint density at radius 1 is 1.15 bits per heavy atom. The number of fused-ring (bicyclic) bond motifs is 4. The Kier molecular flexibility index (Phi) is 4.79. The second kappa shape index (κ2) is 7.75. The summed E-state index contributed by atoms with van der Waals surface area (Å²) in [5, 5.41) is 14.3. The summed E-state index contributed by atoms with van der Waals surface area (Å²) < 4.78 is 0. The fourth-order valence-corrected chi connectivity index (χ4v) is 7.24. The third kappa shape index (κ3) is 2.80. The minimum Gasteiger partial charge on any atom is -0.324 e. The monoisotopic (exact) mass is 472 g/mol. The van der Waals surface area contributed by atoms with Crippen molar-refractivity contribution in [1.29, 1.82) is 0 Å². The summed E-state index contributed by atoms with van der Waals surface area (Å²) in [7, 11) is 0. The van der Waals surface area contributed by atoms with Crippen molar-refractivity contribution in [2.45, 2.75) is 17.5 Å². The minimum atomic E-state index is -1.16. The maximum atomic E-state index is 14.2. The van der Waals surface area contributed by atoms with Crippen LogP contribution in [0.1, 0.15) is 27.4 Å². The highest BCUT2D eigenvalue weighted by molar-refractivity contribution is 7.99. The zero-order chi connectivity index (χ0) is 23.4. The number of thioether (sulfide) groups is 1. The average Bonchev–Trinajstić information content (AvgIpc) is 3.52. The van der Waals surface area contributed by atoms with Crippen LogP contribution in [0.25, 0.3) is 0 Å². The molecule has 0 unspecified atom stereocenters. The van der Waals surface area contributed by atoms with Gasteiger partial charge in [0, 0.05) is 64.9 Å². The Balaban J connectivity index is 1.59. The number of amides is 1. The lowest BCUT2D eigenvalue weighted by atomic mass is 9.69. The number of anilines is 1. The molecule has 2 fully saturated rings. The first kappa shape index (κ1) is 21.0. The van der Waals surface area contributed by atoms with Gasteiger partial charge in [-0.05, 0) is 23.8 Å². The number of nitrogens with zero attached hydrogens (tertiary/aromatic N) is 3. The van der Waals surface area contributed by atoms with E-state index in [9.17, 15) is 19.7 Å². The number of carbonyl (C=O) groups is 2. The Morgan fingerprint density at radius 3 is 2.68 bits per heavy atom. The minimum absolute atomic E-state index is 0.00629. The van der Waals surface area contributed by atoms with E-state index in [1.165, 1.54) is 12.1 Å². The van der Waals surface area contributed by atoms with E-state index >= 15 is 0 Å². The lowest BCUT2D eigenvalue weighted by Crippen LogP contribution is -2.52. The smallest absolute Gasteiger partial charge is 0.269 e. The summed E-state index contributed by atoms with van der Waals surface area (Å²) in [6.45, 7) is 0. The fraction of sp³-hybridized carbons (Fsp3) is 0.240. The first-order valence-electron chi connectivity index (χ1n) is 11.0. The van der Waals surface area contributed by atoms with Crippen LogP contribution < -0.4 is 5.32 Å². The molecule has 3 aliphatic heterocycles. The van der Waals surface area contributed by atoms with Gasteiger partial charge in [0.1, 0.15) is 5.54 Å². The van der Waals surface area contributed by atoms with Crippen molar-refractivity contribution in [2.75, 3.05) is 16.9 Å². The lowest BCUT2D eigenvalue weighted by Gasteiger charge is -2.36. The molecule has 3 aromatic rings. The van der Waals surface area contributed by atoms with Crippen molar-refractivity contribution >= 4 is 34.8 Å². The number of carbonyl (C=O) groups excluding carboxylic acids is 2. The summed E-state index contributed by atoms with van der Waals surface area (Å²) >= 11 is 1.73. The molecule has 0 radical (unpaired) electrons. The molecular formula is C25H20N4O4S. The Morgan fingerprint density at radius 2 is 1.94 bits per heavy atom. The molecule has 4 atom stereocenters. The van der Waals surface area contributed by atoms with E-state index in [0.717, 1.165) is 22.6 Å². The molecule has 6 rings (SSSR count). The van der Waals surface area contributed by atoms with Crippen LogP contribution >= 0.6 is 11.8 Å². The molecule has 8 nitrogen and oxygen atoms in total. The molecule has 1 amide bonds. The van der Waals surface area contributed by atoms with E-state index in [0.29, 0.717) is 11.4 Å². The van der Waals surface area contributed by atoms with Crippen LogP contribution in [0.3, 0.4) is 0 Å². The van der Waals surface area contributed by atoms with Crippen LogP contribution in [0, 0.1) is 16.0 Å². The number of nitro groups is 1. The molecule has 0 bridgehead atoms. The third-order valence-corrected chi connectivity index (χ3v) is 8.28. The van der Waals surface area contributed by atoms with Gasteiger partial charge in [-0.2, -0.15) is 0 Å². The van der Waals surface area contributed by atoms with Gasteiger partial charge in [-0.25, -0.2) is 0 Å². The van der Waals surface area contributed by atoms with E-state index in [1.807, 2.05) is 24.3 Å². The molecule has 34 heavy (non-hydrogen) atoms.